The molecule has 0 unspecified atom stereocenters. The van der Waals surface area contributed by atoms with E-state index in [1.54, 1.807) is 12.1 Å². The maximum absolute atomic E-state index is 10.6. The van der Waals surface area contributed by atoms with Crippen LogP contribution in [0.5, 0.6) is 5.75 Å². The number of carboxylic acid groups (broad SMARTS) is 1. The summed E-state index contributed by atoms with van der Waals surface area (Å²) in [5.41, 5.74) is 0.306. The Kier molecular flexibility index (Phi) is 2.55. The topological polar surface area (TPSA) is 85.5 Å². The number of oxazole rings is 1. The Morgan fingerprint density at radius 3 is 2.81 bits per heavy atom. The average Bonchev–Trinajstić information content (AvgIpc) is 2.78. The van der Waals surface area contributed by atoms with Crippen molar-refractivity contribution in [3.63, 3.8) is 0 Å². The molecule has 2 aromatic rings. The van der Waals surface area contributed by atoms with E-state index in [0.29, 0.717) is 11.4 Å². The van der Waals surface area contributed by atoms with Crippen LogP contribution in [-0.4, -0.2) is 28.2 Å². The molecule has 0 amide bonds. The number of methoxy groups -OCH3 is 1. The molecule has 2 rings (SSSR count). The molecule has 0 saturated carbocycles. The standard InChI is InChI=1S/C10H8N2O4/c1-15-6-2-3-7(11-4-6)9-12-8(5-16-9)10(13)14/h2-5H,1H3,(H,13,14). The largest absolute Gasteiger partial charge is 0.495 e. The molecule has 2 aromatic heterocycles. The molecule has 0 aliphatic carbocycles. The molecule has 0 aliphatic heterocycles. The van der Waals surface area contributed by atoms with Gasteiger partial charge in [-0.25, -0.2) is 14.8 Å². The van der Waals surface area contributed by atoms with Gasteiger partial charge in [0.2, 0.25) is 5.89 Å². The minimum atomic E-state index is -1.14. The molecule has 0 bridgehead atoms. The second kappa shape index (κ2) is 4.01. The Hall–Kier alpha value is -2.37. The van der Waals surface area contributed by atoms with Crippen LogP contribution in [-0.2, 0) is 0 Å². The fourth-order valence-electron chi connectivity index (χ4n) is 1.12. The van der Waals surface area contributed by atoms with Gasteiger partial charge in [0.05, 0.1) is 13.3 Å². The second-order valence-corrected chi connectivity index (χ2v) is 2.93. The van der Waals surface area contributed by atoms with Gasteiger partial charge in [-0.05, 0) is 12.1 Å². The number of nitrogens with zero attached hydrogens (tertiary/aromatic N) is 2. The van der Waals surface area contributed by atoms with Crippen LogP contribution in [0.25, 0.3) is 11.6 Å². The van der Waals surface area contributed by atoms with E-state index in [2.05, 4.69) is 9.97 Å². The quantitative estimate of drug-likeness (QED) is 0.842. The highest BCUT2D eigenvalue weighted by Gasteiger charge is 2.12. The second-order valence-electron chi connectivity index (χ2n) is 2.93. The van der Waals surface area contributed by atoms with Crippen molar-refractivity contribution in [2.75, 3.05) is 7.11 Å². The van der Waals surface area contributed by atoms with Gasteiger partial charge in [0.1, 0.15) is 17.7 Å². The highest BCUT2D eigenvalue weighted by atomic mass is 16.5. The van der Waals surface area contributed by atoms with Gasteiger partial charge in [-0.15, -0.1) is 0 Å². The van der Waals surface area contributed by atoms with Gasteiger partial charge in [-0.1, -0.05) is 0 Å². The van der Waals surface area contributed by atoms with Gasteiger partial charge in [0.15, 0.2) is 5.69 Å². The molecule has 0 saturated heterocycles. The molecular weight excluding hydrogens is 212 g/mol. The number of hydrogen-bond donors (Lipinski definition) is 1. The van der Waals surface area contributed by atoms with Crippen molar-refractivity contribution in [1.82, 2.24) is 9.97 Å². The predicted octanol–water partition coefficient (Wildman–Crippen LogP) is 1.44. The Bertz CT molecular complexity index is 504. The maximum Gasteiger partial charge on any atom is 0.357 e. The van der Waals surface area contributed by atoms with Crippen molar-refractivity contribution < 1.29 is 19.1 Å². The van der Waals surface area contributed by atoms with E-state index in [1.807, 2.05) is 0 Å². The number of carboxylic acids is 1. The summed E-state index contributed by atoms with van der Waals surface area (Å²) >= 11 is 0. The van der Waals surface area contributed by atoms with Crippen LogP contribution in [0, 0.1) is 0 Å². The normalized spacial score (nSPS) is 10.1. The monoisotopic (exact) mass is 220 g/mol. The summed E-state index contributed by atoms with van der Waals surface area (Å²) in [7, 11) is 1.53. The van der Waals surface area contributed by atoms with Gasteiger partial charge in [0, 0.05) is 0 Å². The smallest absolute Gasteiger partial charge is 0.357 e. The maximum atomic E-state index is 10.6. The SMILES string of the molecule is COc1ccc(-c2nc(C(=O)O)co2)nc1. The van der Waals surface area contributed by atoms with E-state index in [0.717, 1.165) is 6.26 Å². The van der Waals surface area contributed by atoms with E-state index in [-0.39, 0.29) is 11.6 Å². The third kappa shape index (κ3) is 1.85. The lowest BCUT2D eigenvalue weighted by atomic mass is 10.3. The van der Waals surface area contributed by atoms with E-state index in [9.17, 15) is 4.79 Å². The summed E-state index contributed by atoms with van der Waals surface area (Å²) in [4.78, 5) is 18.4. The number of rotatable bonds is 3. The average molecular weight is 220 g/mol. The van der Waals surface area contributed by atoms with E-state index in [4.69, 9.17) is 14.3 Å². The van der Waals surface area contributed by atoms with Gasteiger partial charge >= 0.3 is 5.97 Å². The first-order valence-corrected chi connectivity index (χ1v) is 4.40. The minimum Gasteiger partial charge on any atom is -0.495 e. The number of hydrogen-bond acceptors (Lipinski definition) is 5. The summed E-state index contributed by atoms with van der Waals surface area (Å²) in [6.45, 7) is 0. The molecule has 0 atom stereocenters. The van der Waals surface area contributed by atoms with Gasteiger partial charge in [-0.3, -0.25) is 0 Å². The van der Waals surface area contributed by atoms with Crippen molar-refractivity contribution in [2.24, 2.45) is 0 Å². The molecule has 0 aromatic carbocycles. The third-order valence-electron chi connectivity index (χ3n) is 1.91. The molecule has 0 spiro atoms. The van der Waals surface area contributed by atoms with Gasteiger partial charge in [0.25, 0.3) is 0 Å². The highest BCUT2D eigenvalue weighted by Crippen LogP contribution is 2.18. The van der Waals surface area contributed by atoms with Crippen LogP contribution >= 0.6 is 0 Å². The molecule has 6 nitrogen and oxygen atoms in total. The molecule has 16 heavy (non-hydrogen) atoms. The highest BCUT2D eigenvalue weighted by molar-refractivity contribution is 5.85. The van der Waals surface area contributed by atoms with Crippen LogP contribution in [0.3, 0.4) is 0 Å². The Labute approximate surface area is 90.5 Å². The lowest BCUT2D eigenvalue weighted by Gasteiger charge is -1.98. The molecule has 6 heteroatoms. The van der Waals surface area contributed by atoms with Gasteiger partial charge in [-0.2, -0.15) is 0 Å². The molecule has 1 N–H and O–H groups in total. The van der Waals surface area contributed by atoms with Crippen molar-refractivity contribution in [3.8, 4) is 17.3 Å². The molecule has 0 radical (unpaired) electrons. The molecule has 0 fully saturated rings. The number of carbonyl (C=O) groups is 1. The van der Waals surface area contributed by atoms with Crippen molar-refractivity contribution in [2.45, 2.75) is 0 Å². The summed E-state index contributed by atoms with van der Waals surface area (Å²) < 4.78 is 9.93. The fourth-order valence-corrected chi connectivity index (χ4v) is 1.12. The number of aromatic nitrogens is 2. The van der Waals surface area contributed by atoms with E-state index >= 15 is 0 Å². The number of ether oxygens (including phenoxy) is 1. The van der Waals surface area contributed by atoms with Crippen molar-refractivity contribution >= 4 is 5.97 Å². The molecular formula is C10H8N2O4. The summed E-state index contributed by atoms with van der Waals surface area (Å²) in [5, 5.41) is 8.66. The van der Waals surface area contributed by atoms with Crippen LogP contribution in [0.4, 0.5) is 0 Å². The lowest BCUT2D eigenvalue weighted by molar-refractivity contribution is 0.0690. The first kappa shape index (κ1) is 10.2. The van der Waals surface area contributed by atoms with E-state index < -0.39 is 5.97 Å². The zero-order valence-electron chi connectivity index (χ0n) is 8.38. The molecule has 2 heterocycles. The zero-order chi connectivity index (χ0) is 11.5. The van der Waals surface area contributed by atoms with Crippen molar-refractivity contribution in [3.05, 3.63) is 30.3 Å². The lowest BCUT2D eigenvalue weighted by Crippen LogP contribution is -1.95. The third-order valence-corrected chi connectivity index (χ3v) is 1.91. The van der Waals surface area contributed by atoms with Gasteiger partial charge < -0.3 is 14.3 Å². The zero-order valence-corrected chi connectivity index (χ0v) is 8.38. The Balaban J connectivity index is 2.31. The summed E-state index contributed by atoms with van der Waals surface area (Å²) in [5.74, 6) is -0.364. The number of pyridine rings is 1. The Morgan fingerprint density at radius 2 is 2.31 bits per heavy atom. The van der Waals surface area contributed by atoms with Crippen LogP contribution < -0.4 is 4.74 Å². The first-order chi connectivity index (χ1) is 7.70. The predicted molar refractivity (Wildman–Crippen MR) is 53.2 cm³/mol. The van der Waals surface area contributed by atoms with E-state index in [1.165, 1.54) is 13.3 Å². The molecule has 82 valence electrons. The summed E-state index contributed by atoms with van der Waals surface area (Å²) in [6, 6.07) is 3.32. The van der Waals surface area contributed by atoms with Crippen molar-refractivity contribution in [1.29, 1.82) is 0 Å². The number of aromatic carboxylic acids is 1. The summed E-state index contributed by atoms with van der Waals surface area (Å²) in [6.07, 6.45) is 2.57. The first-order valence-electron chi connectivity index (χ1n) is 4.40. The van der Waals surface area contributed by atoms with Crippen LogP contribution in [0.15, 0.2) is 29.0 Å². The van der Waals surface area contributed by atoms with Crippen LogP contribution in [0.2, 0.25) is 0 Å². The fraction of sp³-hybridized carbons (Fsp3) is 0.100. The van der Waals surface area contributed by atoms with Crippen LogP contribution in [0.1, 0.15) is 10.5 Å². The molecule has 0 aliphatic rings. The minimum absolute atomic E-state index is 0.146. The Morgan fingerprint density at radius 1 is 1.50 bits per heavy atom.